The minimum atomic E-state index is -1.25. The van der Waals surface area contributed by atoms with Gasteiger partial charge in [0.25, 0.3) is 0 Å². The Balaban J connectivity index is 2.53. The summed E-state index contributed by atoms with van der Waals surface area (Å²) in [6.45, 7) is 1.41. The lowest BCUT2D eigenvalue weighted by Crippen LogP contribution is -2.49. The third-order valence-corrected chi connectivity index (χ3v) is 2.94. The Morgan fingerprint density at radius 1 is 1.12 bits per heavy atom. The van der Waals surface area contributed by atoms with Crippen LogP contribution in [0.4, 0.5) is 4.79 Å². The fourth-order valence-electron chi connectivity index (χ4n) is 1.81. The molecule has 9 heteroatoms. The zero-order valence-corrected chi connectivity index (χ0v) is 13.8. The van der Waals surface area contributed by atoms with Crippen LogP contribution in [0, 0.1) is 0 Å². The minimum Gasteiger partial charge on any atom is -0.465 e. The first-order chi connectivity index (χ1) is 11.9. The van der Waals surface area contributed by atoms with Crippen LogP contribution in [0.15, 0.2) is 30.3 Å². The van der Waals surface area contributed by atoms with E-state index < -0.39 is 36.3 Å². The topological polar surface area (TPSA) is 137 Å². The van der Waals surface area contributed by atoms with E-state index in [4.69, 9.17) is 10.5 Å². The first-order valence-electron chi connectivity index (χ1n) is 7.61. The van der Waals surface area contributed by atoms with Gasteiger partial charge in [0, 0.05) is 0 Å². The lowest BCUT2D eigenvalue weighted by Gasteiger charge is -2.16. The van der Waals surface area contributed by atoms with Crippen LogP contribution in [0.1, 0.15) is 18.9 Å². The van der Waals surface area contributed by atoms with E-state index in [2.05, 4.69) is 15.4 Å². The molecule has 0 aliphatic carbocycles. The van der Waals surface area contributed by atoms with E-state index in [-0.39, 0.29) is 19.8 Å². The third kappa shape index (κ3) is 8.35. The molecule has 25 heavy (non-hydrogen) atoms. The summed E-state index contributed by atoms with van der Waals surface area (Å²) in [5.41, 5.74) is 5.83. The summed E-state index contributed by atoms with van der Waals surface area (Å²) >= 11 is 0. The maximum absolute atomic E-state index is 12.0. The average molecular weight is 351 g/mol. The highest BCUT2D eigenvalue weighted by Gasteiger charge is 2.24. The number of esters is 1. The second-order valence-electron chi connectivity index (χ2n) is 4.95. The maximum Gasteiger partial charge on any atom is 0.408 e. The van der Waals surface area contributed by atoms with Gasteiger partial charge in [0.2, 0.25) is 11.8 Å². The Bertz CT molecular complexity index is 605. The summed E-state index contributed by atoms with van der Waals surface area (Å²) in [4.78, 5) is 46.1. The van der Waals surface area contributed by atoms with Crippen LogP contribution in [-0.2, 0) is 30.5 Å². The van der Waals surface area contributed by atoms with Crippen LogP contribution >= 0.6 is 0 Å². The Morgan fingerprint density at radius 3 is 2.40 bits per heavy atom. The number of hydrogen-bond donors (Lipinski definition) is 3. The van der Waals surface area contributed by atoms with E-state index in [1.807, 2.05) is 6.07 Å². The summed E-state index contributed by atoms with van der Waals surface area (Å²) in [7, 11) is 0. The molecule has 4 N–H and O–H groups in total. The van der Waals surface area contributed by atoms with E-state index in [1.165, 1.54) is 0 Å². The Morgan fingerprint density at radius 2 is 1.80 bits per heavy atom. The van der Waals surface area contributed by atoms with Gasteiger partial charge in [-0.1, -0.05) is 30.3 Å². The molecule has 0 fully saturated rings. The monoisotopic (exact) mass is 351 g/mol. The van der Waals surface area contributed by atoms with Crippen LogP contribution < -0.4 is 16.4 Å². The molecule has 0 saturated carbocycles. The lowest BCUT2D eigenvalue weighted by atomic mass is 10.2. The number of alkyl carbamates (subject to hydrolysis) is 1. The number of benzene rings is 1. The van der Waals surface area contributed by atoms with E-state index in [0.717, 1.165) is 5.56 Å². The molecule has 1 unspecified atom stereocenters. The van der Waals surface area contributed by atoms with Gasteiger partial charge in [0.05, 0.1) is 13.0 Å². The molecule has 1 atom stereocenters. The van der Waals surface area contributed by atoms with Gasteiger partial charge < -0.3 is 25.8 Å². The standard InChI is InChI=1S/C16H21N3O6/c1-2-24-14(21)9-18-15(22)12(8-13(17)20)19-16(23)25-10-11-6-4-3-5-7-11/h3-7,12H,2,8-10H2,1H3,(H2,17,20)(H,18,22)(H,19,23). The van der Waals surface area contributed by atoms with Crippen molar-refractivity contribution in [1.29, 1.82) is 0 Å². The predicted molar refractivity (Wildman–Crippen MR) is 87.0 cm³/mol. The summed E-state index contributed by atoms with van der Waals surface area (Å²) in [6, 6.07) is 7.67. The molecule has 1 aromatic rings. The maximum atomic E-state index is 12.0. The van der Waals surface area contributed by atoms with Crippen LogP contribution in [-0.4, -0.2) is 43.1 Å². The van der Waals surface area contributed by atoms with Gasteiger partial charge in [-0.3, -0.25) is 14.4 Å². The van der Waals surface area contributed by atoms with Crippen LogP contribution in [0.5, 0.6) is 0 Å². The van der Waals surface area contributed by atoms with Gasteiger partial charge in [-0.05, 0) is 12.5 Å². The van der Waals surface area contributed by atoms with Crippen molar-refractivity contribution in [3.63, 3.8) is 0 Å². The highest BCUT2D eigenvalue weighted by molar-refractivity contribution is 5.92. The molecular weight excluding hydrogens is 330 g/mol. The molecule has 0 heterocycles. The summed E-state index contributed by atoms with van der Waals surface area (Å²) in [5, 5.41) is 4.51. The number of rotatable bonds is 9. The molecule has 9 nitrogen and oxygen atoms in total. The second-order valence-corrected chi connectivity index (χ2v) is 4.95. The van der Waals surface area contributed by atoms with Gasteiger partial charge in [-0.2, -0.15) is 0 Å². The highest BCUT2D eigenvalue weighted by atomic mass is 16.5. The van der Waals surface area contributed by atoms with Gasteiger partial charge in [-0.25, -0.2) is 4.79 Å². The molecule has 1 aromatic carbocycles. The van der Waals surface area contributed by atoms with Crippen molar-refractivity contribution in [2.24, 2.45) is 5.73 Å². The smallest absolute Gasteiger partial charge is 0.408 e. The largest absolute Gasteiger partial charge is 0.465 e. The number of amides is 3. The Kier molecular flexibility index (Phi) is 8.48. The molecule has 0 radical (unpaired) electrons. The molecule has 1 rings (SSSR count). The van der Waals surface area contributed by atoms with E-state index in [9.17, 15) is 19.2 Å². The molecular formula is C16H21N3O6. The Hall–Kier alpha value is -3.10. The number of nitrogens with two attached hydrogens (primary N) is 1. The quantitative estimate of drug-likeness (QED) is 0.529. The minimum absolute atomic E-state index is 0.000406. The van der Waals surface area contributed by atoms with Crippen molar-refractivity contribution in [2.75, 3.05) is 13.2 Å². The SMILES string of the molecule is CCOC(=O)CNC(=O)C(CC(N)=O)NC(=O)OCc1ccccc1. The average Bonchev–Trinajstić information content (AvgIpc) is 2.58. The fourth-order valence-corrected chi connectivity index (χ4v) is 1.81. The van der Waals surface area contributed by atoms with Crippen molar-refractivity contribution < 1.29 is 28.7 Å². The third-order valence-electron chi connectivity index (χ3n) is 2.94. The normalized spacial score (nSPS) is 11.1. The van der Waals surface area contributed by atoms with Crippen molar-refractivity contribution >= 4 is 23.9 Å². The zero-order chi connectivity index (χ0) is 18.7. The van der Waals surface area contributed by atoms with Gasteiger partial charge in [0.15, 0.2) is 0 Å². The molecule has 0 aromatic heterocycles. The van der Waals surface area contributed by atoms with Crippen molar-refractivity contribution in [3.05, 3.63) is 35.9 Å². The molecule has 0 spiro atoms. The van der Waals surface area contributed by atoms with E-state index in [0.29, 0.717) is 0 Å². The predicted octanol–water partition coefficient (Wildman–Crippen LogP) is -0.164. The van der Waals surface area contributed by atoms with E-state index >= 15 is 0 Å². The first-order valence-corrected chi connectivity index (χ1v) is 7.61. The van der Waals surface area contributed by atoms with Gasteiger partial charge >= 0.3 is 12.1 Å². The molecule has 0 bridgehead atoms. The summed E-state index contributed by atoms with van der Waals surface area (Å²) < 4.78 is 9.65. The van der Waals surface area contributed by atoms with E-state index in [1.54, 1.807) is 31.2 Å². The second kappa shape index (κ2) is 10.6. The van der Waals surface area contributed by atoms with Gasteiger partial charge in [0.1, 0.15) is 19.2 Å². The van der Waals surface area contributed by atoms with Gasteiger partial charge in [-0.15, -0.1) is 0 Å². The van der Waals surface area contributed by atoms with Crippen molar-refractivity contribution in [3.8, 4) is 0 Å². The van der Waals surface area contributed by atoms with Crippen LogP contribution in [0.3, 0.4) is 0 Å². The summed E-state index contributed by atoms with van der Waals surface area (Å²) in [6.07, 6.45) is -1.32. The van der Waals surface area contributed by atoms with Crippen LogP contribution in [0.25, 0.3) is 0 Å². The highest BCUT2D eigenvalue weighted by Crippen LogP contribution is 2.01. The zero-order valence-electron chi connectivity index (χ0n) is 13.8. The number of carbonyl (C=O) groups is 4. The van der Waals surface area contributed by atoms with Crippen molar-refractivity contribution in [2.45, 2.75) is 26.0 Å². The number of nitrogens with one attached hydrogen (secondary N) is 2. The molecule has 0 saturated heterocycles. The first kappa shape index (κ1) is 19.9. The number of primary amides is 1. The molecule has 0 aliphatic rings. The number of carbonyl (C=O) groups excluding carboxylic acids is 4. The van der Waals surface area contributed by atoms with Crippen molar-refractivity contribution in [1.82, 2.24) is 10.6 Å². The van der Waals surface area contributed by atoms with Crippen LogP contribution in [0.2, 0.25) is 0 Å². The Labute approximate surface area is 144 Å². The molecule has 0 aliphatic heterocycles. The summed E-state index contributed by atoms with van der Waals surface area (Å²) in [5.74, 6) is -2.18. The lowest BCUT2D eigenvalue weighted by molar-refractivity contribution is -0.143. The molecule has 136 valence electrons. The molecule has 3 amide bonds. The fraction of sp³-hybridized carbons (Fsp3) is 0.375. The number of hydrogen-bond acceptors (Lipinski definition) is 6. The number of ether oxygens (including phenoxy) is 2.